The van der Waals surface area contributed by atoms with Gasteiger partial charge in [0.25, 0.3) is 11.8 Å². The lowest BCUT2D eigenvalue weighted by atomic mass is 9.74. The molecule has 7 nitrogen and oxygen atoms in total. The van der Waals surface area contributed by atoms with Crippen LogP contribution in [0.2, 0.25) is 0 Å². The van der Waals surface area contributed by atoms with E-state index >= 15 is 0 Å². The molecule has 28 heavy (non-hydrogen) atoms. The van der Waals surface area contributed by atoms with Gasteiger partial charge in [-0.3, -0.25) is 14.4 Å². The fourth-order valence-electron chi connectivity index (χ4n) is 3.31. The molecule has 0 spiro atoms. The van der Waals surface area contributed by atoms with E-state index in [1.165, 1.54) is 12.1 Å². The second kappa shape index (κ2) is 7.26. The standard InChI is InChI=1S/C21H17NO6/c23-18-14-8-4-5-9-15(14)19(24)22(18)28-21(26)17-11-10-16(17)20(25)27-12-13-6-2-1-3-7-13/h1-9,16-17H,10-12H2/t16-,17+/m1/s1. The molecule has 1 heterocycles. The molecule has 1 fully saturated rings. The molecule has 0 N–H and O–H groups in total. The van der Waals surface area contributed by atoms with Crippen LogP contribution < -0.4 is 0 Å². The molecule has 2 aromatic rings. The van der Waals surface area contributed by atoms with Gasteiger partial charge in [0.2, 0.25) is 0 Å². The van der Waals surface area contributed by atoms with Crippen molar-refractivity contribution in [1.29, 1.82) is 0 Å². The molecule has 1 saturated carbocycles. The number of hydrogen-bond donors (Lipinski definition) is 0. The summed E-state index contributed by atoms with van der Waals surface area (Å²) in [6.07, 6.45) is 0.933. The van der Waals surface area contributed by atoms with Gasteiger partial charge in [-0.15, -0.1) is 0 Å². The van der Waals surface area contributed by atoms with Gasteiger partial charge in [-0.2, -0.15) is 0 Å². The van der Waals surface area contributed by atoms with Crippen molar-refractivity contribution in [3.63, 3.8) is 0 Å². The molecule has 0 aromatic heterocycles. The zero-order valence-corrected chi connectivity index (χ0v) is 14.9. The molecule has 2 aromatic carbocycles. The summed E-state index contributed by atoms with van der Waals surface area (Å²) in [4.78, 5) is 54.3. The average molecular weight is 379 g/mol. The monoisotopic (exact) mass is 379 g/mol. The summed E-state index contributed by atoms with van der Waals surface area (Å²) in [6.45, 7) is 0.121. The van der Waals surface area contributed by atoms with Crippen molar-refractivity contribution in [3.8, 4) is 0 Å². The maximum atomic E-state index is 12.4. The minimum Gasteiger partial charge on any atom is -0.461 e. The van der Waals surface area contributed by atoms with Gasteiger partial charge in [0.05, 0.1) is 23.0 Å². The van der Waals surface area contributed by atoms with E-state index in [2.05, 4.69) is 0 Å². The number of hydrogen-bond acceptors (Lipinski definition) is 6. The maximum absolute atomic E-state index is 12.4. The molecular weight excluding hydrogens is 362 g/mol. The summed E-state index contributed by atoms with van der Waals surface area (Å²) in [7, 11) is 0. The van der Waals surface area contributed by atoms with Crippen LogP contribution in [0.1, 0.15) is 39.1 Å². The molecule has 2 atom stereocenters. The van der Waals surface area contributed by atoms with Gasteiger partial charge in [0, 0.05) is 0 Å². The lowest BCUT2D eigenvalue weighted by molar-refractivity contribution is -0.185. The lowest BCUT2D eigenvalue weighted by Crippen LogP contribution is -2.43. The molecule has 0 saturated heterocycles. The number of rotatable bonds is 5. The van der Waals surface area contributed by atoms with Crippen molar-refractivity contribution in [2.75, 3.05) is 0 Å². The summed E-state index contributed by atoms with van der Waals surface area (Å²) >= 11 is 0. The average Bonchev–Trinajstić information content (AvgIpc) is 2.91. The maximum Gasteiger partial charge on any atom is 0.337 e. The van der Waals surface area contributed by atoms with E-state index < -0.39 is 35.6 Å². The molecule has 0 unspecified atom stereocenters. The summed E-state index contributed by atoms with van der Waals surface area (Å²) in [5.74, 6) is -3.99. The smallest absolute Gasteiger partial charge is 0.337 e. The van der Waals surface area contributed by atoms with E-state index in [0.29, 0.717) is 17.9 Å². The van der Waals surface area contributed by atoms with Gasteiger partial charge in [-0.25, -0.2) is 4.79 Å². The third kappa shape index (κ3) is 3.15. The van der Waals surface area contributed by atoms with Crippen LogP contribution in [0.15, 0.2) is 54.6 Å². The minimum atomic E-state index is -0.776. The molecule has 2 aliphatic rings. The lowest BCUT2D eigenvalue weighted by Gasteiger charge is -2.32. The van der Waals surface area contributed by atoms with Crippen LogP contribution >= 0.6 is 0 Å². The number of imide groups is 1. The molecule has 1 aliphatic carbocycles. The summed E-state index contributed by atoms with van der Waals surface area (Å²) in [5, 5.41) is 0.470. The number of carbonyl (C=O) groups excluding carboxylic acids is 4. The van der Waals surface area contributed by atoms with E-state index in [1.54, 1.807) is 12.1 Å². The second-order valence-corrected chi connectivity index (χ2v) is 6.74. The van der Waals surface area contributed by atoms with Gasteiger partial charge < -0.3 is 9.57 Å². The third-order valence-corrected chi connectivity index (χ3v) is 5.04. The topological polar surface area (TPSA) is 90.0 Å². The van der Waals surface area contributed by atoms with Crippen LogP contribution in [0, 0.1) is 11.8 Å². The third-order valence-electron chi connectivity index (χ3n) is 5.04. The van der Waals surface area contributed by atoms with Crippen LogP contribution in [0.4, 0.5) is 0 Å². The van der Waals surface area contributed by atoms with Gasteiger partial charge in [-0.1, -0.05) is 47.5 Å². The fraction of sp³-hybridized carbons (Fsp3) is 0.238. The largest absolute Gasteiger partial charge is 0.461 e. The van der Waals surface area contributed by atoms with Gasteiger partial charge in [-0.05, 0) is 30.5 Å². The first kappa shape index (κ1) is 17.9. The second-order valence-electron chi connectivity index (χ2n) is 6.74. The SMILES string of the molecule is O=C(ON1C(=O)c2ccccc2C1=O)[C@H]1CC[C@H]1C(=O)OCc1ccccc1. The molecular formula is C21H17NO6. The van der Waals surface area contributed by atoms with Crippen molar-refractivity contribution < 1.29 is 28.8 Å². The summed E-state index contributed by atoms with van der Waals surface area (Å²) in [5.41, 5.74) is 1.22. The van der Waals surface area contributed by atoms with Gasteiger partial charge >= 0.3 is 11.9 Å². The summed E-state index contributed by atoms with van der Waals surface area (Å²) in [6, 6.07) is 15.5. The number of ether oxygens (including phenoxy) is 1. The number of carbonyl (C=O) groups is 4. The Morgan fingerprint density at radius 2 is 1.36 bits per heavy atom. The zero-order valence-electron chi connectivity index (χ0n) is 14.9. The molecule has 1 aliphatic heterocycles. The van der Waals surface area contributed by atoms with Gasteiger partial charge in [0.15, 0.2) is 0 Å². The number of benzene rings is 2. The minimum absolute atomic E-state index is 0.121. The molecule has 0 bridgehead atoms. The first-order valence-corrected chi connectivity index (χ1v) is 8.96. The zero-order chi connectivity index (χ0) is 19.7. The number of fused-ring (bicyclic) bond motifs is 1. The van der Waals surface area contributed by atoms with Crippen molar-refractivity contribution in [2.24, 2.45) is 11.8 Å². The Hall–Kier alpha value is -3.48. The number of hydroxylamine groups is 2. The molecule has 142 valence electrons. The highest BCUT2D eigenvalue weighted by atomic mass is 16.7. The Morgan fingerprint density at radius 1 is 0.821 bits per heavy atom. The highest BCUT2D eigenvalue weighted by molar-refractivity contribution is 6.20. The Kier molecular flexibility index (Phi) is 4.65. The van der Waals surface area contributed by atoms with Crippen molar-refractivity contribution in [3.05, 3.63) is 71.3 Å². The predicted octanol–water partition coefficient (Wildman–Crippen LogP) is 2.51. The highest BCUT2D eigenvalue weighted by Gasteiger charge is 2.46. The molecule has 4 rings (SSSR count). The van der Waals surface area contributed by atoms with Crippen molar-refractivity contribution in [1.82, 2.24) is 5.06 Å². The van der Waals surface area contributed by atoms with E-state index in [4.69, 9.17) is 9.57 Å². The number of amides is 2. The van der Waals surface area contributed by atoms with Crippen LogP contribution in [-0.4, -0.2) is 28.8 Å². The van der Waals surface area contributed by atoms with Gasteiger partial charge in [0.1, 0.15) is 6.61 Å². The predicted molar refractivity (Wildman–Crippen MR) is 95.5 cm³/mol. The van der Waals surface area contributed by atoms with E-state index in [1.807, 2.05) is 30.3 Å². The van der Waals surface area contributed by atoms with Crippen molar-refractivity contribution >= 4 is 23.8 Å². The van der Waals surface area contributed by atoms with Crippen molar-refractivity contribution in [2.45, 2.75) is 19.4 Å². The summed E-state index contributed by atoms with van der Waals surface area (Å²) < 4.78 is 5.28. The first-order chi connectivity index (χ1) is 13.6. The Morgan fingerprint density at radius 3 is 1.93 bits per heavy atom. The van der Waals surface area contributed by atoms with E-state index in [9.17, 15) is 19.2 Å². The van der Waals surface area contributed by atoms with E-state index in [0.717, 1.165) is 5.56 Å². The Balaban J connectivity index is 1.36. The number of nitrogens with zero attached hydrogens (tertiary/aromatic N) is 1. The Labute approximate surface area is 160 Å². The fourth-order valence-corrected chi connectivity index (χ4v) is 3.31. The van der Waals surface area contributed by atoms with E-state index in [-0.39, 0.29) is 17.7 Å². The quantitative estimate of drug-likeness (QED) is 0.586. The van der Waals surface area contributed by atoms with Crippen LogP contribution in [0.5, 0.6) is 0 Å². The van der Waals surface area contributed by atoms with Crippen LogP contribution in [0.25, 0.3) is 0 Å². The van der Waals surface area contributed by atoms with Crippen LogP contribution in [0.3, 0.4) is 0 Å². The molecule has 0 radical (unpaired) electrons. The number of esters is 1. The Bertz CT molecular complexity index is 919. The normalized spacial score (nSPS) is 20.4. The molecule has 7 heteroatoms. The van der Waals surface area contributed by atoms with Crippen LogP contribution in [-0.2, 0) is 25.8 Å². The molecule has 2 amide bonds. The first-order valence-electron chi connectivity index (χ1n) is 8.96. The highest BCUT2D eigenvalue weighted by Crippen LogP contribution is 2.37.